The van der Waals surface area contributed by atoms with Gasteiger partial charge in [-0.3, -0.25) is 18.6 Å². The minimum Gasteiger partial charge on any atom is -0.345 e. The average Bonchev–Trinajstić information content (AvgIpc) is 3.22. The summed E-state index contributed by atoms with van der Waals surface area (Å²) in [5.41, 5.74) is 2.03. The quantitative estimate of drug-likeness (QED) is 0.431. The second-order valence-corrected chi connectivity index (χ2v) is 7.89. The summed E-state index contributed by atoms with van der Waals surface area (Å²) in [6.07, 6.45) is 2.33. The Morgan fingerprint density at radius 2 is 1.73 bits per heavy atom. The molecule has 33 heavy (non-hydrogen) atoms. The van der Waals surface area contributed by atoms with E-state index in [9.17, 15) is 14.0 Å². The lowest BCUT2D eigenvalue weighted by atomic mass is 10.2. The molecule has 0 radical (unpaired) electrons. The topological polar surface area (TPSA) is 85.0 Å². The van der Waals surface area contributed by atoms with E-state index in [1.54, 1.807) is 18.2 Å². The molecule has 0 spiro atoms. The van der Waals surface area contributed by atoms with Crippen molar-refractivity contribution in [3.63, 3.8) is 0 Å². The van der Waals surface area contributed by atoms with Crippen molar-refractivity contribution in [2.75, 3.05) is 0 Å². The molecule has 1 N–H and O–H groups in total. The highest BCUT2D eigenvalue weighted by atomic mass is 35.5. The van der Waals surface area contributed by atoms with Crippen molar-refractivity contribution in [3.8, 4) is 17.1 Å². The number of benzene rings is 2. The van der Waals surface area contributed by atoms with Gasteiger partial charge in [-0.1, -0.05) is 23.7 Å². The smallest absolute Gasteiger partial charge is 0.257 e. The average molecular weight is 462 g/mol. The zero-order valence-electron chi connectivity index (χ0n) is 17.2. The Bertz CT molecular complexity index is 1590. The lowest BCUT2D eigenvalue weighted by Gasteiger charge is -2.12. The fraction of sp³-hybridized carbons (Fsp3) is 0.0833. The Kier molecular flexibility index (Phi) is 5.35. The first-order valence-corrected chi connectivity index (χ1v) is 10.6. The van der Waals surface area contributed by atoms with Crippen LogP contribution in [0.15, 0.2) is 82.5 Å². The first kappa shape index (κ1) is 20.8. The minimum absolute atomic E-state index is 0.190. The molecule has 0 aliphatic carbocycles. The van der Waals surface area contributed by atoms with Crippen LogP contribution in [0.25, 0.3) is 22.7 Å². The third-order valence-electron chi connectivity index (χ3n) is 5.29. The molecule has 5 aromatic rings. The van der Waals surface area contributed by atoms with E-state index in [0.29, 0.717) is 52.1 Å². The van der Waals surface area contributed by atoms with Gasteiger partial charge < -0.3 is 4.98 Å². The van der Waals surface area contributed by atoms with Crippen LogP contribution in [0.1, 0.15) is 11.5 Å². The molecule has 0 saturated heterocycles. The third kappa shape index (κ3) is 4.08. The number of fused-ring (bicyclic) bond motifs is 1. The maximum absolute atomic E-state index is 13.5. The van der Waals surface area contributed by atoms with Gasteiger partial charge in [0.2, 0.25) is 0 Å². The van der Waals surface area contributed by atoms with Crippen molar-refractivity contribution in [1.29, 1.82) is 0 Å². The Labute approximate surface area is 191 Å². The van der Waals surface area contributed by atoms with Gasteiger partial charge in [0.25, 0.3) is 5.56 Å². The van der Waals surface area contributed by atoms with Crippen LogP contribution in [0.2, 0.25) is 5.02 Å². The molecule has 0 bridgehead atoms. The standard InChI is InChI=1S/C24H17ClFN5O2/c25-19-3-1-2-4-20(19)31-21(28-29-24(31)15-5-7-16(26)8-6-15)10-9-17-13-23(33)30-12-11-18(32)14-22(30)27-17/h1-8,11-14,27H,9-10H2. The van der Waals surface area contributed by atoms with Gasteiger partial charge in [-0.25, -0.2) is 4.39 Å². The molecular formula is C24H17ClFN5O2. The lowest BCUT2D eigenvalue weighted by Crippen LogP contribution is -2.18. The number of aromatic amines is 1. The van der Waals surface area contributed by atoms with Crippen LogP contribution in [0.3, 0.4) is 0 Å². The molecule has 9 heteroatoms. The molecule has 2 aromatic carbocycles. The fourth-order valence-corrected chi connectivity index (χ4v) is 3.94. The number of hydrogen-bond donors (Lipinski definition) is 1. The van der Waals surface area contributed by atoms with Gasteiger partial charge >= 0.3 is 0 Å². The normalized spacial score (nSPS) is 11.2. The van der Waals surface area contributed by atoms with Crippen LogP contribution in [0, 0.1) is 5.82 Å². The van der Waals surface area contributed by atoms with E-state index in [1.807, 2.05) is 22.8 Å². The van der Waals surface area contributed by atoms with Gasteiger partial charge in [0.1, 0.15) is 17.3 Å². The van der Waals surface area contributed by atoms with Gasteiger partial charge in [-0.15, -0.1) is 10.2 Å². The molecule has 3 aromatic heterocycles. The van der Waals surface area contributed by atoms with Crippen LogP contribution in [0.4, 0.5) is 4.39 Å². The monoisotopic (exact) mass is 461 g/mol. The van der Waals surface area contributed by atoms with Crippen molar-refractivity contribution in [2.45, 2.75) is 12.8 Å². The number of para-hydroxylation sites is 1. The number of aromatic nitrogens is 5. The van der Waals surface area contributed by atoms with Crippen LogP contribution < -0.4 is 11.0 Å². The highest BCUT2D eigenvalue weighted by molar-refractivity contribution is 6.32. The molecule has 164 valence electrons. The Morgan fingerprint density at radius 3 is 2.52 bits per heavy atom. The van der Waals surface area contributed by atoms with Crippen LogP contribution in [0.5, 0.6) is 0 Å². The summed E-state index contributed by atoms with van der Waals surface area (Å²) in [4.78, 5) is 27.2. The SMILES string of the molecule is O=c1ccn2c(=O)cc(CCc3nnc(-c4ccc(F)cc4)n3-c3ccccc3Cl)[nH]c2c1. The van der Waals surface area contributed by atoms with Gasteiger partial charge in [0.15, 0.2) is 11.3 Å². The molecule has 0 amide bonds. The number of rotatable bonds is 5. The van der Waals surface area contributed by atoms with Crippen molar-refractivity contribution < 1.29 is 4.39 Å². The van der Waals surface area contributed by atoms with Crippen molar-refractivity contribution in [2.24, 2.45) is 0 Å². The van der Waals surface area contributed by atoms with Gasteiger partial charge in [-0.2, -0.15) is 0 Å². The molecule has 0 aliphatic rings. The number of hydrogen-bond acceptors (Lipinski definition) is 4. The van der Waals surface area contributed by atoms with E-state index in [0.717, 1.165) is 0 Å². The van der Waals surface area contributed by atoms with Gasteiger partial charge in [0.05, 0.1) is 10.7 Å². The second kappa shape index (κ2) is 8.48. The molecule has 5 rings (SSSR count). The summed E-state index contributed by atoms with van der Waals surface area (Å²) in [5.74, 6) is 0.799. The lowest BCUT2D eigenvalue weighted by molar-refractivity contribution is 0.628. The van der Waals surface area contributed by atoms with Gasteiger partial charge in [-0.05, 0) is 42.8 Å². The molecule has 0 atom stereocenters. The van der Waals surface area contributed by atoms with Crippen molar-refractivity contribution in [3.05, 3.63) is 116 Å². The maximum atomic E-state index is 13.5. The van der Waals surface area contributed by atoms with Crippen LogP contribution >= 0.6 is 11.6 Å². The second-order valence-electron chi connectivity index (χ2n) is 7.48. The summed E-state index contributed by atoms with van der Waals surface area (Å²) in [6.45, 7) is 0. The number of pyridine rings is 1. The number of aryl methyl sites for hydroxylation is 2. The van der Waals surface area contributed by atoms with Crippen LogP contribution in [-0.2, 0) is 12.8 Å². The third-order valence-corrected chi connectivity index (χ3v) is 5.61. The zero-order chi connectivity index (χ0) is 22.9. The highest BCUT2D eigenvalue weighted by Crippen LogP contribution is 2.28. The maximum Gasteiger partial charge on any atom is 0.257 e. The zero-order valence-corrected chi connectivity index (χ0v) is 18.0. The summed E-state index contributed by atoms with van der Waals surface area (Å²) >= 11 is 6.47. The number of nitrogens with one attached hydrogen (secondary N) is 1. The van der Waals surface area contributed by atoms with Crippen LogP contribution in [-0.4, -0.2) is 24.1 Å². The molecule has 0 fully saturated rings. The Balaban J connectivity index is 1.55. The van der Waals surface area contributed by atoms with Gasteiger partial charge in [0, 0.05) is 42.1 Å². The summed E-state index contributed by atoms with van der Waals surface area (Å²) in [7, 11) is 0. The number of H-pyrrole nitrogens is 1. The Morgan fingerprint density at radius 1 is 0.939 bits per heavy atom. The molecular weight excluding hydrogens is 445 g/mol. The number of halogens is 2. The molecule has 3 heterocycles. The largest absolute Gasteiger partial charge is 0.345 e. The molecule has 7 nitrogen and oxygen atoms in total. The van der Waals surface area contributed by atoms with Crippen molar-refractivity contribution >= 4 is 17.2 Å². The summed E-state index contributed by atoms with van der Waals surface area (Å²) in [5, 5.41) is 9.21. The Hall–Kier alpha value is -4.04. The summed E-state index contributed by atoms with van der Waals surface area (Å²) in [6, 6.07) is 17.5. The summed E-state index contributed by atoms with van der Waals surface area (Å²) < 4.78 is 16.7. The minimum atomic E-state index is -0.345. The fourth-order valence-electron chi connectivity index (χ4n) is 3.72. The molecule has 0 saturated carbocycles. The molecule has 0 unspecified atom stereocenters. The van der Waals surface area contributed by atoms with E-state index in [4.69, 9.17) is 11.6 Å². The van der Waals surface area contributed by atoms with E-state index in [1.165, 1.54) is 40.9 Å². The predicted octanol–water partition coefficient (Wildman–Crippen LogP) is 3.81. The molecule has 0 aliphatic heterocycles. The van der Waals surface area contributed by atoms with Crippen molar-refractivity contribution in [1.82, 2.24) is 24.1 Å². The highest BCUT2D eigenvalue weighted by Gasteiger charge is 2.18. The van der Waals surface area contributed by atoms with E-state index < -0.39 is 0 Å². The van der Waals surface area contributed by atoms with E-state index in [-0.39, 0.29) is 16.8 Å². The van der Waals surface area contributed by atoms with E-state index >= 15 is 0 Å². The first-order chi connectivity index (χ1) is 16.0. The van der Waals surface area contributed by atoms with E-state index in [2.05, 4.69) is 15.2 Å². The number of nitrogens with zero attached hydrogens (tertiary/aromatic N) is 4. The predicted molar refractivity (Wildman–Crippen MR) is 123 cm³/mol. The first-order valence-electron chi connectivity index (χ1n) is 10.2.